The Morgan fingerprint density at radius 1 is 1.47 bits per heavy atom. The number of nitrogens with zero attached hydrogens (tertiary/aromatic N) is 2. The van der Waals surface area contributed by atoms with Crippen LogP contribution in [0.5, 0.6) is 0 Å². The van der Waals surface area contributed by atoms with Gasteiger partial charge in [-0.2, -0.15) is 0 Å². The zero-order chi connectivity index (χ0) is 13.2. The molecule has 6 heteroatoms. The fourth-order valence-corrected chi connectivity index (χ4v) is 2.40. The third kappa shape index (κ3) is 2.22. The molecule has 1 unspecified atom stereocenters. The fraction of sp³-hybridized carbons (Fsp3) is 0.308. The van der Waals surface area contributed by atoms with Crippen LogP contribution in [-0.2, 0) is 0 Å². The number of hydrogen-bond donors (Lipinski definition) is 3. The number of benzene rings is 1. The number of carbonyl (C=O) groups excluding carboxylic acids is 1. The molecule has 4 N–H and O–H groups in total. The van der Waals surface area contributed by atoms with Gasteiger partial charge >= 0.3 is 0 Å². The Hall–Kier alpha value is -2.21. The molecule has 6 nitrogen and oxygen atoms in total. The molecule has 19 heavy (non-hydrogen) atoms. The molecule has 1 saturated heterocycles. The lowest BCUT2D eigenvalue weighted by molar-refractivity contribution is 0.100. The minimum atomic E-state index is -0.474. The molecule has 0 bridgehead atoms. The Bertz CT molecular complexity index is 621. The van der Waals surface area contributed by atoms with Crippen molar-refractivity contribution in [2.75, 3.05) is 18.4 Å². The Morgan fingerprint density at radius 2 is 2.37 bits per heavy atom. The molecule has 0 aliphatic carbocycles. The molecule has 1 aliphatic heterocycles. The number of nitrogens with two attached hydrogens (primary N) is 1. The summed E-state index contributed by atoms with van der Waals surface area (Å²) < 4.78 is 0. The van der Waals surface area contributed by atoms with E-state index in [2.05, 4.69) is 20.6 Å². The predicted molar refractivity (Wildman–Crippen MR) is 73.0 cm³/mol. The van der Waals surface area contributed by atoms with E-state index >= 15 is 0 Å². The topological polar surface area (TPSA) is 92.9 Å². The molecule has 1 aliphatic rings. The highest BCUT2D eigenvalue weighted by atomic mass is 16.1. The summed E-state index contributed by atoms with van der Waals surface area (Å²) in [5.74, 6) is -0.474. The maximum Gasteiger partial charge on any atom is 0.250 e. The Kier molecular flexibility index (Phi) is 3.00. The van der Waals surface area contributed by atoms with Gasteiger partial charge in [0, 0.05) is 29.9 Å². The Morgan fingerprint density at radius 3 is 3.11 bits per heavy atom. The summed E-state index contributed by atoms with van der Waals surface area (Å²) in [7, 11) is 0. The number of primary amides is 1. The number of carbonyl (C=O) groups is 1. The quantitative estimate of drug-likeness (QED) is 0.744. The van der Waals surface area contributed by atoms with Crippen molar-refractivity contribution in [3.8, 4) is 0 Å². The number of anilines is 1. The molecule has 1 aromatic carbocycles. The van der Waals surface area contributed by atoms with Gasteiger partial charge < -0.3 is 16.4 Å². The highest BCUT2D eigenvalue weighted by molar-refractivity contribution is 6.07. The lowest BCUT2D eigenvalue weighted by Crippen LogP contribution is -2.22. The monoisotopic (exact) mass is 257 g/mol. The van der Waals surface area contributed by atoms with Crippen molar-refractivity contribution in [2.24, 2.45) is 5.73 Å². The normalized spacial score (nSPS) is 18.6. The van der Waals surface area contributed by atoms with E-state index in [0.717, 1.165) is 30.6 Å². The molecule has 0 saturated carbocycles. The molecular formula is C13H15N5O. The van der Waals surface area contributed by atoms with Crippen LogP contribution in [0.3, 0.4) is 0 Å². The van der Waals surface area contributed by atoms with Crippen LogP contribution in [-0.4, -0.2) is 35.0 Å². The first-order valence-corrected chi connectivity index (χ1v) is 6.25. The lowest BCUT2D eigenvalue weighted by Gasteiger charge is -2.15. The van der Waals surface area contributed by atoms with Crippen molar-refractivity contribution < 1.29 is 4.79 Å². The van der Waals surface area contributed by atoms with Gasteiger partial charge in [-0.3, -0.25) is 4.79 Å². The van der Waals surface area contributed by atoms with Crippen LogP contribution in [0, 0.1) is 0 Å². The summed E-state index contributed by atoms with van der Waals surface area (Å²) in [6.45, 7) is 1.96. The molecule has 3 rings (SSSR count). The molecule has 98 valence electrons. The first-order chi connectivity index (χ1) is 9.25. The molecule has 0 spiro atoms. The number of fused-ring (bicyclic) bond motifs is 1. The SMILES string of the molecule is NC(=O)c1ccc(NC2CCNC2)c2cncnc12. The van der Waals surface area contributed by atoms with Crippen molar-refractivity contribution in [1.29, 1.82) is 0 Å². The highest BCUT2D eigenvalue weighted by Crippen LogP contribution is 2.25. The van der Waals surface area contributed by atoms with Crippen molar-refractivity contribution >= 4 is 22.5 Å². The predicted octanol–water partition coefficient (Wildman–Crippen LogP) is 0.502. The summed E-state index contributed by atoms with van der Waals surface area (Å²) in [4.78, 5) is 19.6. The second-order valence-electron chi connectivity index (χ2n) is 4.64. The molecule has 0 radical (unpaired) electrons. The average molecular weight is 257 g/mol. The van der Waals surface area contributed by atoms with Gasteiger partial charge in [0.05, 0.1) is 11.1 Å². The van der Waals surface area contributed by atoms with E-state index in [-0.39, 0.29) is 0 Å². The van der Waals surface area contributed by atoms with Crippen molar-refractivity contribution in [2.45, 2.75) is 12.5 Å². The zero-order valence-corrected chi connectivity index (χ0v) is 10.4. The first-order valence-electron chi connectivity index (χ1n) is 6.25. The highest BCUT2D eigenvalue weighted by Gasteiger charge is 2.17. The number of amides is 1. The minimum absolute atomic E-state index is 0.392. The summed E-state index contributed by atoms with van der Waals surface area (Å²) >= 11 is 0. The second kappa shape index (κ2) is 4.81. The zero-order valence-electron chi connectivity index (χ0n) is 10.4. The second-order valence-corrected chi connectivity index (χ2v) is 4.64. The maximum atomic E-state index is 11.4. The van der Waals surface area contributed by atoms with Gasteiger partial charge in [0.1, 0.15) is 6.33 Å². The van der Waals surface area contributed by atoms with Gasteiger partial charge in [0.25, 0.3) is 5.91 Å². The lowest BCUT2D eigenvalue weighted by atomic mass is 10.1. The summed E-state index contributed by atoms with van der Waals surface area (Å²) in [5, 5.41) is 7.58. The van der Waals surface area contributed by atoms with Gasteiger partial charge in [-0.15, -0.1) is 0 Å². The smallest absolute Gasteiger partial charge is 0.250 e. The molecular weight excluding hydrogens is 242 g/mol. The number of aromatic nitrogens is 2. The van der Waals surface area contributed by atoms with Crippen LogP contribution in [0.1, 0.15) is 16.8 Å². The van der Waals surface area contributed by atoms with Gasteiger partial charge in [0.2, 0.25) is 0 Å². The molecule has 1 amide bonds. The first kappa shape index (κ1) is 11.9. The molecule has 2 heterocycles. The van der Waals surface area contributed by atoms with E-state index in [1.54, 1.807) is 12.3 Å². The number of rotatable bonds is 3. The Balaban J connectivity index is 2.05. The standard InChI is InChI=1S/C13H15N5O/c14-13(19)9-1-2-11(18-8-3-4-15-5-8)10-6-16-7-17-12(9)10/h1-2,6-8,15,18H,3-5H2,(H2,14,19). The van der Waals surface area contributed by atoms with Crippen LogP contribution >= 0.6 is 0 Å². The van der Waals surface area contributed by atoms with Crippen LogP contribution in [0.15, 0.2) is 24.7 Å². The van der Waals surface area contributed by atoms with Gasteiger partial charge in [0.15, 0.2) is 0 Å². The van der Waals surface area contributed by atoms with Crippen molar-refractivity contribution in [3.05, 3.63) is 30.2 Å². The van der Waals surface area contributed by atoms with E-state index in [1.807, 2.05) is 6.07 Å². The third-order valence-electron chi connectivity index (χ3n) is 3.36. The fourth-order valence-electron chi connectivity index (χ4n) is 2.40. The number of hydrogen-bond acceptors (Lipinski definition) is 5. The third-order valence-corrected chi connectivity index (χ3v) is 3.36. The molecule has 2 aromatic rings. The van der Waals surface area contributed by atoms with E-state index in [4.69, 9.17) is 5.73 Å². The van der Waals surface area contributed by atoms with Gasteiger partial charge in [-0.1, -0.05) is 0 Å². The van der Waals surface area contributed by atoms with Crippen LogP contribution in [0.4, 0.5) is 5.69 Å². The maximum absolute atomic E-state index is 11.4. The summed E-state index contributed by atoms with van der Waals surface area (Å²) in [5.41, 5.74) is 7.32. The van der Waals surface area contributed by atoms with Crippen LogP contribution < -0.4 is 16.4 Å². The van der Waals surface area contributed by atoms with E-state index in [0.29, 0.717) is 17.1 Å². The van der Waals surface area contributed by atoms with E-state index < -0.39 is 5.91 Å². The van der Waals surface area contributed by atoms with E-state index in [9.17, 15) is 4.79 Å². The average Bonchev–Trinajstić information content (AvgIpc) is 2.91. The molecule has 1 fully saturated rings. The minimum Gasteiger partial charge on any atom is -0.380 e. The largest absolute Gasteiger partial charge is 0.380 e. The summed E-state index contributed by atoms with van der Waals surface area (Å²) in [6, 6.07) is 3.97. The van der Waals surface area contributed by atoms with Crippen molar-refractivity contribution in [3.63, 3.8) is 0 Å². The number of nitrogens with one attached hydrogen (secondary N) is 2. The van der Waals surface area contributed by atoms with E-state index in [1.165, 1.54) is 6.33 Å². The van der Waals surface area contributed by atoms with Crippen LogP contribution in [0.2, 0.25) is 0 Å². The van der Waals surface area contributed by atoms with Gasteiger partial charge in [-0.25, -0.2) is 9.97 Å². The molecule has 1 aromatic heterocycles. The van der Waals surface area contributed by atoms with Crippen LogP contribution in [0.25, 0.3) is 10.9 Å². The summed E-state index contributed by atoms with van der Waals surface area (Å²) in [6.07, 6.45) is 4.21. The molecule has 1 atom stereocenters. The Labute approximate surface area is 110 Å². The van der Waals surface area contributed by atoms with Crippen molar-refractivity contribution in [1.82, 2.24) is 15.3 Å². The van der Waals surface area contributed by atoms with Gasteiger partial charge in [-0.05, 0) is 25.1 Å².